The molecule has 0 unspecified atom stereocenters. The molecule has 2 aromatic rings. The highest BCUT2D eigenvalue weighted by molar-refractivity contribution is 6.04. The number of nitrogens with two attached hydrogens (primary N) is 1. The van der Waals surface area contributed by atoms with E-state index in [4.69, 9.17) is 5.73 Å². The van der Waals surface area contributed by atoms with Crippen LogP contribution >= 0.6 is 0 Å². The van der Waals surface area contributed by atoms with E-state index in [-0.39, 0.29) is 11.3 Å². The molecule has 21 heavy (non-hydrogen) atoms. The number of nitrogens with zero attached hydrogens (tertiary/aromatic N) is 1. The summed E-state index contributed by atoms with van der Waals surface area (Å²) >= 11 is 0. The molecular formula is C17H21N3O. The molecule has 1 amide bonds. The lowest BCUT2D eigenvalue weighted by molar-refractivity contribution is 0.102. The zero-order valence-electron chi connectivity index (χ0n) is 12.9. The van der Waals surface area contributed by atoms with E-state index < -0.39 is 0 Å². The van der Waals surface area contributed by atoms with Crippen LogP contribution in [0, 0.1) is 6.92 Å². The van der Waals surface area contributed by atoms with Gasteiger partial charge in [0.05, 0.1) is 0 Å². The molecule has 0 radical (unpaired) electrons. The van der Waals surface area contributed by atoms with Gasteiger partial charge in [-0.25, -0.2) is 4.98 Å². The summed E-state index contributed by atoms with van der Waals surface area (Å²) in [4.78, 5) is 16.6. The van der Waals surface area contributed by atoms with Gasteiger partial charge in [0.25, 0.3) is 5.91 Å². The fourth-order valence-electron chi connectivity index (χ4n) is 1.91. The third-order valence-electron chi connectivity index (χ3n) is 3.19. The highest BCUT2D eigenvalue weighted by atomic mass is 16.1. The average Bonchev–Trinajstić information content (AvgIpc) is 2.39. The number of anilines is 2. The highest BCUT2D eigenvalue weighted by Crippen LogP contribution is 2.23. The fraction of sp³-hybridized carbons (Fsp3) is 0.294. The number of hydrogen-bond acceptors (Lipinski definition) is 3. The largest absolute Gasteiger partial charge is 0.384 e. The highest BCUT2D eigenvalue weighted by Gasteiger charge is 2.18. The minimum absolute atomic E-state index is 0.158. The molecule has 1 heterocycles. The van der Waals surface area contributed by atoms with Gasteiger partial charge in [-0.15, -0.1) is 0 Å². The summed E-state index contributed by atoms with van der Waals surface area (Å²) in [6.07, 6.45) is 0. The summed E-state index contributed by atoms with van der Waals surface area (Å²) in [5.74, 6) is 0.176. The lowest BCUT2D eigenvalue weighted by Gasteiger charge is -2.19. The van der Waals surface area contributed by atoms with Crippen LogP contribution in [-0.2, 0) is 5.41 Å². The molecule has 0 fully saturated rings. The summed E-state index contributed by atoms with van der Waals surface area (Å²) in [7, 11) is 0. The van der Waals surface area contributed by atoms with Gasteiger partial charge in [-0.05, 0) is 31.2 Å². The number of aromatic nitrogens is 1. The molecule has 0 saturated carbocycles. The zero-order chi connectivity index (χ0) is 15.6. The minimum Gasteiger partial charge on any atom is -0.384 e. The molecule has 0 saturated heterocycles. The van der Waals surface area contributed by atoms with Crippen molar-refractivity contribution in [1.29, 1.82) is 0 Å². The Hall–Kier alpha value is -2.36. The minimum atomic E-state index is -0.182. The van der Waals surface area contributed by atoms with Crippen molar-refractivity contribution in [3.63, 3.8) is 0 Å². The van der Waals surface area contributed by atoms with Crippen molar-refractivity contribution in [3.8, 4) is 0 Å². The number of nitrogens with one attached hydrogen (secondary N) is 1. The van der Waals surface area contributed by atoms with Crippen LogP contribution in [0.15, 0.2) is 36.4 Å². The monoisotopic (exact) mass is 283 g/mol. The number of hydrogen-bond donors (Lipinski definition) is 2. The zero-order valence-corrected chi connectivity index (χ0v) is 12.9. The van der Waals surface area contributed by atoms with Gasteiger partial charge >= 0.3 is 0 Å². The SMILES string of the molecule is Cc1ccc(NC(=O)c2cc(N)nc(C(C)(C)C)c2)cc1. The van der Waals surface area contributed by atoms with E-state index in [9.17, 15) is 4.79 Å². The van der Waals surface area contributed by atoms with Crippen LogP contribution in [0.1, 0.15) is 42.4 Å². The van der Waals surface area contributed by atoms with Crippen molar-refractivity contribution in [3.05, 3.63) is 53.2 Å². The Morgan fingerprint density at radius 2 is 1.76 bits per heavy atom. The molecule has 4 heteroatoms. The predicted molar refractivity (Wildman–Crippen MR) is 86.5 cm³/mol. The van der Waals surface area contributed by atoms with Crippen molar-refractivity contribution in [1.82, 2.24) is 4.98 Å². The lowest BCUT2D eigenvalue weighted by atomic mass is 9.90. The summed E-state index contributed by atoms with van der Waals surface area (Å²) in [6.45, 7) is 8.12. The van der Waals surface area contributed by atoms with E-state index in [1.165, 1.54) is 0 Å². The Labute approximate surface area is 125 Å². The van der Waals surface area contributed by atoms with E-state index in [1.807, 2.05) is 52.0 Å². The van der Waals surface area contributed by atoms with E-state index in [2.05, 4.69) is 10.3 Å². The van der Waals surface area contributed by atoms with Gasteiger partial charge in [0.2, 0.25) is 0 Å². The third-order valence-corrected chi connectivity index (χ3v) is 3.19. The molecule has 1 aromatic carbocycles. The van der Waals surface area contributed by atoms with Gasteiger partial charge in [-0.2, -0.15) is 0 Å². The third kappa shape index (κ3) is 3.81. The van der Waals surface area contributed by atoms with E-state index in [0.29, 0.717) is 11.4 Å². The second-order valence-electron chi connectivity index (χ2n) is 6.24. The second kappa shape index (κ2) is 5.56. The molecule has 1 aromatic heterocycles. The van der Waals surface area contributed by atoms with Crippen LogP contribution in [0.25, 0.3) is 0 Å². The molecule has 2 rings (SSSR count). The normalized spacial score (nSPS) is 11.2. The van der Waals surface area contributed by atoms with Crippen LogP contribution in [0.3, 0.4) is 0 Å². The number of carbonyl (C=O) groups excluding carboxylic acids is 1. The number of nitrogen functional groups attached to an aromatic ring is 1. The maximum atomic E-state index is 12.3. The first kappa shape index (κ1) is 15.0. The Morgan fingerprint density at radius 1 is 1.14 bits per heavy atom. The van der Waals surface area contributed by atoms with Gasteiger partial charge in [0.15, 0.2) is 0 Å². The summed E-state index contributed by atoms with van der Waals surface area (Å²) < 4.78 is 0. The number of rotatable bonds is 2. The van der Waals surface area contributed by atoms with Crippen LogP contribution in [0.5, 0.6) is 0 Å². The first-order valence-electron chi connectivity index (χ1n) is 6.92. The molecule has 0 aliphatic carbocycles. The number of pyridine rings is 1. The van der Waals surface area contributed by atoms with Crippen molar-refractivity contribution >= 4 is 17.4 Å². The maximum Gasteiger partial charge on any atom is 0.255 e. The van der Waals surface area contributed by atoms with Crippen molar-refractivity contribution < 1.29 is 4.79 Å². The molecule has 110 valence electrons. The summed E-state index contributed by atoms with van der Waals surface area (Å²) in [5, 5.41) is 2.87. The fourth-order valence-corrected chi connectivity index (χ4v) is 1.91. The quantitative estimate of drug-likeness (QED) is 0.886. The van der Waals surface area contributed by atoms with Gasteiger partial charge in [0, 0.05) is 22.4 Å². The Bertz CT molecular complexity index is 655. The summed E-state index contributed by atoms with van der Waals surface area (Å²) in [5.41, 5.74) is 8.89. The summed E-state index contributed by atoms with van der Waals surface area (Å²) in [6, 6.07) is 11.1. The number of carbonyl (C=O) groups is 1. The lowest BCUT2D eigenvalue weighted by Crippen LogP contribution is -2.18. The van der Waals surface area contributed by atoms with Crippen molar-refractivity contribution in [2.24, 2.45) is 0 Å². The maximum absolute atomic E-state index is 12.3. The van der Waals surface area contributed by atoms with Gasteiger partial charge in [-0.3, -0.25) is 4.79 Å². The first-order chi connectivity index (χ1) is 9.75. The predicted octanol–water partition coefficient (Wildman–Crippen LogP) is 3.52. The molecule has 0 aliphatic heterocycles. The number of amides is 1. The molecular weight excluding hydrogens is 262 g/mol. The van der Waals surface area contributed by atoms with Gasteiger partial charge < -0.3 is 11.1 Å². The Morgan fingerprint density at radius 3 is 2.33 bits per heavy atom. The molecule has 3 N–H and O–H groups in total. The standard InChI is InChI=1S/C17H21N3O/c1-11-5-7-13(8-6-11)19-16(21)12-9-14(17(2,3)4)20-15(18)10-12/h5-10H,1-4H3,(H2,18,20)(H,19,21). The number of aryl methyl sites for hydroxylation is 1. The van der Waals surface area contributed by atoms with Crippen LogP contribution in [0.2, 0.25) is 0 Å². The van der Waals surface area contributed by atoms with E-state index >= 15 is 0 Å². The Balaban J connectivity index is 2.27. The topological polar surface area (TPSA) is 68.0 Å². The van der Waals surface area contributed by atoms with Crippen LogP contribution in [-0.4, -0.2) is 10.9 Å². The van der Waals surface area contributed by atoms with E-state index in [1.54, 1.807) is 12.1 Å². The van der Waals surface area contributed by atoms with Gasteiger partial charge in [0.1, 0.15) is 5.82 Å². The first-order valence-corrected chi connectivity index (χ1v) is 6.92. The average molecular weight is 283 g/mol. The smallest absolute Gasteiger partial charge is 0.255 e. The molecule has 4 nitrogen and oxygen atoms in total. The van der Waals surface area contributed by atoms with Crippen molar-refractivity contribution in [2.75, 3.05) is 11.1 Å². The second-order valence-corrected chi connectivity index (χ2v) is 6.24. The van der Waals surface area contributed by atoms with Crippen LogP contribution in [0.4, 0.5) is 11.5 Å². The molecule has 0 spiro atoms. The van der Waals surface area contributed by atoms with Gasteiger partial charge in [-0.1, -0.05) is 38.5 Å². The Kier molecular flexibility index (Phi) is 3.98. The van der Waals surface area contributed by atoms with Crippen molar-refractivity contribution in [2.45, 2.75) is 33.1 Å². The number of benzene rings is 1. The molecule has 0 aliphatic rings. The molecule has 0 atom stereocenters. The van der Waals surface area contributed by atoms with E-state index in [0.717, 1.165) is 16.9 Å². The molecule has 0 bridgehead atoms. The van der Waals surface area contributed by atoms with Crippen LogP contribution < -0.4 is 11.1 Å².